The van der Waals surface area contributed by atoms with Crippen LogP contribution >= 0.6 is 0 Å². The van der Waals surface area contributed by atoms with Crippen molar-refractivity contribution < 1.29 is 23.8 Å². The van der Waals surface area contributed by atoms with Crippen LogP contribution in [0.4, 0.5) is 10.5 Å². The molecule has 172 valence electrons. The Morgan fingerprint density at radius 3 is 2.68 bits per heavy atom. The second-order valence-corrected chi connectivity index (χ2v) is 9.60. The molecule has 1 saturated carbocycles. The lowest BCUT2D eigenvalue weighted by Gasteiger charge is -2.23. The molecule has 1 N–H and O–H groups in total. The molecule has 0 unspecified atom stereocenters. The number of likely N-dealkylation sites (N-methyl/N-ethyl adjacent to an activating group) is 1. The molecule has 1 aromatic rings. The van der Waals surface area contributed by atoms with Crippen LogP contribution in [0.1, 0.15) is 65.7 Å². The first-order valence-corrected chi connectivity index (χ1v) is 11.4. The van der Waals surface area contributed by atoms with Gasteiger partial charge in [-0.2, -0.15) is 0 Å². The monoisotopic (exact) mass is 432 g/mol. The number of carbonyl (C=O) groups is 2. The van der Waals surface area contributed by atoms with E-state index in [1.165, 1.54) is 43.4 Å². The summed E-state index contributed by atoms with van der Waals surface area (Å²) in [6.07, 6.45) is 7.38. The first-order chi connectivity index (χ1) is 14.7. The molecule has 1 aliphatic carbocycles. The van der Waals surface area contributed by atoms with Crippen molar-refractivity contribution >= 4 is 17.7 Å². The molecule has 7 heteroatoms. The minimum absolute atomic E-state index is 0.0324. The highest BCUT2D eigenvalue weighted by Gasteiger charge is 2.33. The Labute approximate surface area is 185 Å². The number of nitrogens with one attached hydrogen (secondary N) is 1. The highest BCUT2D eigenvalue weighted by molar-refractivity contribution is 5.99. The van der Waals surface area contributed by atoms with Gasteiger partial charge >= 0.3 is 6.09 Å². The van der Waals surface area contributed by atoms with Crippen LogP contribution in [-0.4, -0.2) is 43.9 Å². The summed E-state index contributed by atoms with van der Waals surface area (Å²) in [4.78, 5) is 26.4. The fourth-order valence-corrected chi connectivity index (χ4v) is 4.13. The average molecular weight is 433 g/mol. The van der Waals surface area contributed by atoms with E-state index in [0.717, 1.165) is 12.3 Å². The number of amides is 2. The maximum absolute atomic E-state index is 12.9. The lowest BCUT2D eigenvalue weighted by atomic mass is 9.86. The molecule has 1 aliphatic heterocycles. The summed E-state index contributed by atoms with van der Waals surface area (Å²) in [6, 6.07) is 5.46. The van der Waals surface area contributed by atoms with E-state index in [9.17, 15) is 9.59 Å². The Hall–Kier alpha value is -2.44. The number of nitrogens with zero attached hydrogens (tertiary/aromatic N) is 1. The summed E-state index contributed by atoms with van der Waals surface area (Å²) in [5.74, 6) is 1.77. The van der Waals surface area contributed by atoms with Gasteiger partial charge in [-0.25, -0.2) is 4.79 Å². The van der Waals surface area contributed by atoms with Crippen molar-refractivity contribution in [2.24, 2.45) is 5.92 Å². The molecular weight excluding hydrogens is 396 g/mol. The van der Waals surface area contributed by atoms with Crippen molar-refractivity contribution in [3.63, 3.8) is 0 Å². The van der Waals surface area contributed by atoms with Crippen LogP contribution in [-0.2, 0) is 9.53 Å². The van der Waals surface area contributed by atoms with Gasteiger partial charge in [-0.15, -0.1) is 0 Å². The molecule has 2 amide bonds. The zero-order valence-corrected chi connectivity index (χ0v) is 19.2. The third-order valence-corrected chi connectivity index (χ3v) is 5.76. The van der Waals surface area contributed by atoms with Gasteiger partial charge in [0.1, 0.15) is 18.1 Å². The topological polar surface area (TPSA) is 77.1 Å². The average Bonchev–Trinajstić information content (AvgIpc) is 2.83. The predicted molar refractivity (Wildman–Crippen MR) is 120 cm³/mol. The van der Waals surface area contributed by atoms with Gasteiger partial charge in [-0.05, 0) is 51.7 Å². The highest BCUT2D eigenvalue weighted by Crippen LogP contribution is 2.35. The molecule has 7 nitrogen and oxygen atoms in total. The predicted octanol–water partition coefficient (Wildman–Crippen LogP) is 4.67. The van der Waals surface area contributed by atoms with Gasteiger partial charge < -0.3 is 24.4 Å². The van der Waals surface area contributed by atoms with Crippen LogP contribution < -0.4 is 19.7 Å². The third kappa shape index (κ3) is 6.77. The summed E-state index contributed by atoms with van der Waals surface area (Å²) in [7, 11) is 1.65. The molecule has 0 saturated heterocycles. The van der Waals surface area contributed by atoms with E-state index in [4.69, 9.17) is 14.2 Å². The standard InChI is InChI=1S/C24H36N2O5/c1-24(2,3)25-23(28)31-21-16-30-20-13-12-18(15-19(20)26(4)22(21)27)29-14-8-11-17-9-6-5-7-10-17/h12-13,15,17,21H,5-11,14,16H2,1-4H3,(H,25,28)/t21-/m0/s1. The molecular formula is C24H36N2O5. The molecule has 2 aliphatic rings. The Bertz CT molecular complexity index is 768. The molecule has 1 atom stereocenters. The van der Waals surface area contributed by atoms with Crippen LogP contribution in [0.25, 0.3) is 0 Å². The van der Waals surface area contributed by atoms with Crippen molar-refractivity contribution in [1.29, 1.82) is 0 Å². The normalized spacial score (nSPS) is 19.8. The Kier molecular flexibility index (Phi) is 7.68. The van der Waals surface area contributed by atoms with Crippen LogP contribution in [0, 0.1) is 5.92 Å². The van der Waals surface area contributed by atoms with E-state index < -0.39 is 17.7 Å². The Balaban J connectivity index is 1.56. The maximum atomic E-state index is 12.9. The van der Waals surface area contributed by atoms with E-state index >= 15 is 0 Å². The number of anilines is 1. The lowest BCUT2D eigenvalue weighted by molar-refractivity contribution is -0.127. The fourth-order valence-electron chi connectivity index (χ4n) is 4.13. The van der Waals surface area contributed by atoms with E-state index in [2.05, 4.69) is 5.32 Å². The lowest BCUT2D eigenvalue weighted by Crippen LogP contribution is -2.46. The number of hydrogen-bond donors (Lipinski definition) is 1. The van der Waals surface area contributed by atoms with Crippen LogP contribution in [0.2, 0.25) is 0 Å². The zero-order chi connectivity index (χ0) is 22.4. The molecule has 0 bridgehead atoms. The Morgan fingerprint density at radius 1 is 1.23 bits per heavy atom. The van der Waals surface area contributed by atoms with Crippen molar-refractivity contribution in [3.05, 3.63) is 18.2 Å². The van der Waals surface area contributed by atoms with E-state index in [-0.39, 0.29) is 12.5 Å². The van der Waals surface area contributed by atoms with Gasteiger partial charge in [0.2, 0.25) is 6.10 Å². The largest absolute Gasteiger partial charge is 0.494 e. The van der Waals surface area contributed by atoms with Gasteiger partial charge in [-0.1, -0.05) is 32.1 Å². The molecule has 0 aromatic heterocycles. The minimum atomic E-state index is -1.01. The molecule has 31 heavy (non-hydrogen) atoms. The van der Waals surface area contributed by atoms with Crippen molar-refractivity contribution in [2.75, 3.05) is 25.2 Å². The van der Waals surface area contributed by atoms with Gasteiger partial charge in [0.25, 0.3) is 5.91 Å². The molecule has 1 fully saturated rings. The zero-order valence-electron chi connectivity index (χ0n) is 19.2. The smallest absolute Gasteiger partial charge is 0.408 e. The van der Waals surface area contributed by atoms with Crippen molar-refractivity contribution in [3.8, 4) is 11.5 Å². The number of fused-ring (bicyclic) bond motifs is 1. The number of hydrogen-bond acceptors (Lipinski definition) is 5. The van der Waals surface area contributed by atoms with Crippen molar-refractivity contribution in [1.82, 2.24) is 5.32 Å². The quantitative estimate of drug-likeness (QED) is 0.661. The third-order valence-electron chi connectivity index (χ3n) is 5.76. The molecule has 0 radical (unpaired) electrons. The van der Waals surface area contributed by atoms with E-state index in [0.29, 0.717) is 23.8 Å². The second-order valence-electron chi connectivity index (χ2n) is 9.60. The Morgan fingerprint density at radius 2 is 1.97 bits per heavy atom. The molecule has 0 spiro atoms. The molecule has 1 heterocycles. The van der Waals surface area contributed by atoms with Crippen LogP contribution in [0.3, 0.4) is 0 Å². The van der Waals surface area contributed by atoms with Crippen LogP contribution in [0.5, 0.6) is 11.5 Å². The first-order valence-electron chi connectivity index (χ1n) is 11.4. The first kappa shape index (κ1) is 23.2. The minimum Gasteiger partial charge on any atom is -0.494 e. The van der Waals surface area contributed by atoms with E-state index in [1.54, 1.807) is 13.1 Å². The van der Waals surface area contributed by atoms with Gasteiger partial charge in [0, 0.05) is 18.7 Å². The maximum Gasteiger partial charge on any atom is 0.408 e. The number of benzene rings is 1. The van der Waals surface area contributed by atoms with Gasteiger partial charge in [0.15, 0.2) is 0 Å². The SMILES string of the molecule is CN1C(=O)[C@@H](OC(=O)NC(C)(C)C)COc2ccc(OCCCC3CCCCC3)cc21. The number of carbonyl (C=O) groups excluding carboxylic acids is 2. The van der Waals surface area contributed by atoms with Crippen LogP contribution in [0.15, 0.2) is 18.2 Å². The van der Waals surface area contributed by atoms with Gasteiger partial charge in [0.05, 0.1) is 12.3 Å². The summed E-state index contributed by atoms with van der Waals surface area (Å²) < 4.78 is 17.0. The van der Waals surface area contributed by atoms with Crippen molar-refractivity contribution in [2.45, 2.75) is 77.4 Å². The summed E-state index contributed by atoms with van der Waals surface area (Å²) in [6.45, 7) is 6.16. The fraction of sp³-hybridized carbons (Fsp3) is 0.667. The highest BCUT2D eigenvalue weighted by atomic mass is 16.6. The number of alkyl carbamates (subject to hydrolysis) is 1. The summed E-state index contributed by atoms with van der Waals surface area (Å²) in [5.41, 5.74) is 0.154. The van der Waals surface area contributed by atoms with E-state index in [1.807, 2.05) is 32.9 Å². The second kappa shape index (κ2) is 10.2. The summed E-state index contributed by atoms with van der Waals surface area (Å²) >= 11 is 0. The molecule has 1 aromatic carbocycles. The number of rotatable bonds is 6. The molecule has 3 rings (SSSR count). The van der Waals surface area contributed by atoms with Gasteiger partial charge in [-0.3, -0.25) is 4.79 Å². The summed E-state index contributed by atoms with van der Waals surface area (Å²) in [5, 5.41) is 2.70. The number of ether oxygens (including phenoxy) is 3.